The van der Waals surface area contributed by atoms with Crippen molar-refractivity contribution in [3.8, 4) is 11.4 Å². The molecule has 0 aliphatic heterocycles. The minimum atomic E-state index is -1.02. The van der Waals surface area contributed by atoms with Crippen molar-refractivity contribution < 1.29 is 9.90 Å². The molecule has 3 aromatic rings. The number of imidazole rings is 1. The molecular formula is C28H35ClN4O4. The number of aromatic amines is 1. The van der Waals surface area contributed by atoms with Crippen LogP contribution in [0.4, 0.5) is 0 Å². The van der Waals surface area contributed by atoms with Gasteiger partial charge in [0.05, 0.1) is 0 Å². The molecule has 2 fully saturated rings. The first-order valence-electron chi connectivity index (χ1n) is 13.2. The van der Waals surface area contributed by atoms with Gasteiger partial charge in [-0.3, -0.25) is 13.9 Å². The Morgan fingerprint density at radius 3 is 2.22 bits per heavy atom. The summed E-state index contributed by atoms with van der Waals surface area (Å²) in [4.78, 5) is 46.1. The zero-order valence-electron chi connectivity index (χ0n) is 21.0. The summed E-state index contributed by atoms with van der Waals surface area (Å²) < 4.78 is 3.18. The Hall–Kier alpha value is -3.13. The van der Waals surface area contributed by atoms with Gasteiger partial charge in [0.15, 0.2) is 5.52 Å². The van der Waals surface area contributed by atoms with Gasteiger partial charge in [-0.15, -0.1) is 12.4 Å². The number of hydrogen-bond donors (Lipinski definition) is 2. The molecule has 2 aromatic heterocycles. The van der Waals surface area contributed by atoms with Crippen molar-refractivity contribution in [2.45, 2.75) is 77.3 Å². The molecule has 0 unspecified atom stereocenters. The molecule has 0 atom stereocenters. The molecule has 1 aromatic carbocycles. The number of hydrogen-bond acceptors (Lipinski definition) is 4. The lowest BCUT2D eigenvalue weighted by molar-refractivity contribution is -0.131. The Balaban J connectivity index is 0.00000320. The Morgan fingerprint density at radius 1 is 0.973 bits per heavy atom. The molecule has 37 heavy (non-hydrogen) atoms. The van der Waals surface area contributed by atoms with E-state index in [4.69, 9.17) is 5.11 Å². The van der Waals surface area contributed by atoms with E-state index in [1.54, 1.807) is 4.57 Å². The lowest BCUT2D eigenvalue weighted by Gasteiger charge is -2.24. The summed E-state index contributed by atoms with van der Waals surface area (Å²) in [6, 6.07) is 7.31. The number of rotatable bonds is 7. The third-order valence-electron chi connectivity index (χ3n) is 7.77. The summed E-state index contributed by atoms with van der Waals surface area (Å²) in [5.41, 5.74) is 1.65. The number of nitrogens with zero attached hydrogens (tertiary/aromatic N) is 3. The maximum absolute atomic E-state index is 13.7. The van der Waals surface area contributed by atoms with Crippen LogP contribution in [-0.4, -0.2) is 30.2 Å². The first-order chi connectivity index (χ1) is 17.5. The van der Waals surface area contributed by atoms with Crippen molar-refractivity contribution in [3.63, 3.8) is 0 Å². The van der Waals surface area contributed by atoms with E-state index >= 15 is 0 Å². The lowest BCUT2D eigenvalue weighted by atomic mass is 9.89. The molecule has 2 heterocycles. The van der Waals surface area contributed by atoms with Crippen molar-refractivity contribution >= 4 is 35.6 Å². The van der Waals surface area contributed by atoms with Gasteiger partial charge < -0.3 is 10.1 Å². The van der Waals surface area contributed by atoms with Gasteiger partial charge in [-0.25, -0.2) is 14.6 Å². The topological polar surface area (TPSA) is 110 Å². The number of carbonyl (C=O) groups is 1. The summed E-state index contributed by atoms with van der Waals surface area (Å²) in [6.45, 7) is 1.04. The second-order valence-corrected chi connectivity index (χ2v) is 10.4. The Kier molecular flexibility index (Phi) is 8.69. The molecule has 2 aliphatic rings. The predicted molar refractivity (Wildman–Crippen MR) is 147 cm³/mol. The zero-order valence-corrected chi connectivity index (χ0v) is 21.8. The molecule has 5 rings (SSSR count). The van der Waals surface area contributed by atoms with E-state index < -0.39 is 5.97 Å². The Labute approximate surface area is 221 Å². The molecular weight excluding hydrogens is 492 g/mol. The highest BCUT2D eigenvalue weighted by Crippen LogP contribution is 2.27. The first kappa shape index (κ1) is 26.9. The van der Waals surface area contributed by atoms with Crippen LogP contribution in [0, 0.1) is 11.8 Å². The van der Waals surface area contributed by atoms with E-state index in [0.717, 1.165) is 50.2 Å². The standard InChI is InChI=1S/C28H34N4O4.ClH/c33-23(34)15-14-19-12-7-13-22(16-19)25-29-24-26(30-25)31(17-20-8-3-1-4-9-20)28(36)32(27(24)35)18-21-10-5-2-6-11-21;/h7,12-16,20-21H,1-6,8-11,17-18H2,(H,29,30)(H,33,34);1H. The van der Waals surface area contributed by atoms with Gasteiger partial charge in [-0.2, -0.15) is 0 Å². The highest BCUT2D eigenvalue weighted by molar-refractivity contribution is 5.86. The van der Waals surface area contributed by atoms with Crippen molar-refractivity contribution in [1.29, 1.82) is 0 Å². The molecule has 0 spiro atoms. The predicted octanol–water partition coefficient (Wildman–Crippen LogP) is 5.23. The normalized spacial score (nSPS) is 17.3. The molecule has 2 N–H and O–H groups in total. The van der Waals surface area contributed by atoms with Crippen LogP contribution in [0.3, 0.4) is 0 Å². The minimum Gasteiger partial charge on any atom is -0.478 e. The van der Waals surface area contributed by atoms with Gasteiger partial charge >= 0.3 is 11.7 Å². The molecule has 8 nitrogen and oxygen atoms in total. The van der Waals surface area contributed by atoms with Crippen LogP contribution in [0.1, 0.15) is 69.8 Å². The Bertz CT molecular complexity index is 1390. The SMILES string of the molecule is Cl.O=C(O)C=Cc1cccc(-c2nc3c(=O)n(CC4CCCCC4)c(=O)n(CC4CCCCC4)c3[nH]2)c1. The second kappa shape index (κ2) is 11.9. The fourth-order valence-corrected chi connectivity index (χ4v) is 5.84. The molecule has 198 valence electrons. The van der Waals surface area contributed by atoms with E-state index in [-0.39, 0.29) is 23.7 Å². The van der Waals surface area contributed by atoms with Crippen LogP contribution in [0.15, 0.2) is 39.9 Å². The van der Waals surface area contributed by atoms with Crippen LogP contribution in [0.2, 0.25) is 0 Å². The third-order valence-corrected chi connectivity index (χ3v) is 7.77. The van der Waals surface area contributed by atoms with Gasteiger partial charge in [0.25, 0.3) is 5.56 Å². The number of benzene rings is 1. The van der Waals surface area contributed by atoms with Crippen LogP contribution in [0.25, 0.3) is 28.6 Å². The number of carboxylic acid groups (broad SMARTS) is 1. The van der Waals surface area contributed by atoms with Gasteiger partial charge in [0.1, 0.15) is 11.5 Å². The summed E-state index contributed by atoms with van der Waals surface area (Å²) in [7, 11) is 0. The van der Waals surface area contributed by atoms with Gasteiger partial charge in [-0.1, -0.05) is 56.7 Å². The monoisotopic (exact) mass is 526 g/mol. The van der Waals surface area contributed by atoms with E-state index in [2.05, 4.69) is 9.97 Å². The lowest BCUT2D eigenvalue weighted by Crippen LogP contribution is -2.42. The van der Waals surface area contributed by atoms with E-state index in [9.17, 15) is 14.4 Å². The van der Waals surface area contributed by atoms with E-state index in [1.165, 1.54) is 36.3 Å². The maximum atomic E-state index is 13.7. The smallest absolute Gasteiger partial charge is 0.332 e. The number of aromatic nitrogens is 4. The average Bonchev–Trinajstić information content (AvgIpc) is 3.35. The summed E-state index contributed by atoms with van der Waals surface area (Å²) in [5.74, 6) is 0.242. The summed E-state index contributed by atoms with van der Waals surface area (Å²) >= 11 is 0. The zero-order chi connectivity index (χ0) is 25.1. The van der Waals surface area contributed by atoms with Crippen LogP contribution in [-0.2, 0) is 17.9 Å². The van der Waals surface area contributed by atoms with E-state index in [1.807, 2.05) is 24.3 Å². The molecule has 2 saturated carbocycles. The molecule has 0 saturated heterocycles. The van der Waals surface area contributed by atoms with Gasteiger partial charge in [0, 0.05) is 24.7 Å². The minimum absolute atomic E-state index is 0. The number of fused-ring (bicyclic) bond motifs is 1. The summed E-state index contributed by atoms with van der Waals surface area (Å²) in [6.07, 6.45) is 14.0. The van der Waals surface area contributed by atoms with Gasteiger partial charge in [0.2, 0.25) is 0 Å². The number of aliphatic carboxylic acids is 1. The number of H-pyrrole nitrogens is 1. The quantitative estimate of drug-likeness (QED) is 0.409. The van der Waals surface area contributed by atoms with Crippen molar-refractivity contribution in [1.82, 2.24) is 19.1 Å². The molecule has 0 amide bonds. The highest BCUT2D eigenvalue weighted by Gasteiger charge is 2.24. The molecule has 0 radical (unpaired) electrons. The molecule has 9 heteroatoms. The molecule has 2 aliphatic carbocycles. The first-order valence-corrected chi connectivity index (χ1v) is 13.2. The maximum Gasteiger partial charge on any atom is 0.332 e. The largest absolute Gasteiger partial charge is 0.478 e. The van der Waals surface area contributed by atoms with Crippen molar-refractivity contribution in [3.05, 3.63) is 56.7 Å². The molecule has 0 bridgehead atoms. The van der Waals surface area contributed by atoms with Crippen LogP contribution in [0.5, 0.6) is 0 Å². The fourth-order valence-electron chi connectivity index (χ4n) is 5.84. The second-order valence-electron chi connectivity index (χ2n) is 10.4. The number of halogens is 1. The van der Waals surface area contributed by atoms with Crippen molar-refractivity contribution in [2.75, 3.05) is 0 Å². The van der Waals surface area contributed by atoms with E-state index in [0.29, 0.717) is 47.5 Å². The number of nitrogens with one attached hydrogen (secondary N) is 1. The summed E-state index contributed by atoms with van der Waals surface area (Å²) in [5, 5.41) is 8.95. The fraction of sp³-hybridized carbons (Fsp3) is 0.500. The average molecular weight is 527 g/mol. The third kappa shape index (κ3) is 6.06. The van der Waals surface area contributed by atoms with Crippen LogP contribution >= 0.6 is 12.4 Å². The highest BCUT2D eigenvalue weighted by atomic mass is 35.5. The number of carboxylic acids is 1. The van der Waals surface area contributed by atoms with Crippen LogP contribution < -0.4 is 11.2 Å². The van der Waals surface area contributed by atoms with Crippen molar-refractivity contribution in [2.24, 2.45) is 11.8 Å². The van der Waals surface area contributed by atoms with Gasteiger partial charge in [-0.05, 0) is 55.2 Å². The Morgan fingerprint density at radius 2 is 1.59 bits per heavy atom.